The van der Waals surface area contributed by atoms with E-state index in [-0.39, 0.29) is 0 Å². The van der Waals surface area contributed by atoms with Crippen molar-refractivity contribution in [3.63, 3.8) is 0 Å². The number of benzene rings is 1. The summed E-state index contributed by atoms with van der Waals surface area (Å²) >= 11 is 0. The van der Waals surface area contributed by atoms with Gasteiger partial charge in [0.25, 0.3) is 0 Å². The van der Waals surface area contributed by atoms with Gasteiger partial charge in [-0.1, -0.05) is 12.1 Å². The number of imidazole rings is 1. The summed E-state index contributed by atoms with van der Waals surface area (Å²) in [6.07, 6.45) is 10.9. The predicted octanol–water partition coefficient (Wildman–Crippen LogP) is 3.98. The quantitative estimate of drug-likeness (QED) is 0.431. The van der Waals surface area contributed by atoms with Gasteiger partial charge in [-0.3, -0.25) is 10.1 Å². The molecule has 30 heavy (non-hydrogen) atoms. The van der Waals surface area contributed by atoms with Crippen LogP contribution in [0.15, 0.2) is 55.3 Å². The maximum absolute atomic E-state index is 4.63. The molecule has 3 N–H and O–H groups in total. The van der Waals surface area contributed by atoms with E-state index < -0.39 is 0 Å². The van der Waals surface area contributed by atoms with Crippen molar-refractivity contribution in [2.45, 2.75) is 13.3 Å². The molecule has 0 radical (unpaired) electrons. The normalized spacial score (nSPS) is 14.5. The molecule has 5 heterocycles. The van der Waals surface area contributed by atoms with Crippen LogP contribution in [0.3, 0.4) is 0 Å². The van der Waals surface area contributed by atoms with Gasteiger partial charge >= 0.3 is 0 Å². The van der Waals surface area contributed by atoms with Crippen molar-refractivity contribution >= 4 is 27.4 Å². The smallest absolute Gasteiger partial charge is 0.116 e. The van der Waals surface area contributed by atoms with Crippen LogP contribution in [-0.4, -0.2) is 42.8 Å². The second-order valence-corrected chi connectivity index (χ2v) is 7.74. The zero-order valence-electron chi connectivity index (χ0n) is 16.6. The highest BCUT2D eigenvalue weighted by Gasteiger charge is 2.15. The van der Waals surface area contributed by atoms with E-state index in [1.807, 2.05) is 36.4 Å². The van der Waals surface area contributed by atoms with Gasteiger partial charge in [0.15, 0.2) is 0 Å². The maximum Gasteiger partial charge on any atom is 0.116 e. The molecule has 0 fully saturated rings. The molecule has 0 atom stereocenters. The van der Waals surface area contributed by atoms with Crippen molar-refractivity contribution in [1.82, 2.24) is 35.0 Å². The van der Waals surface area contributed by atoms with Gasteiger partial charge in [-0.2, -0.15) is 5.10 Å². The van der Waals surface area contributed by atoms with E-state index in [0.717, 1.165) is 64.1 Å². The van der Waals surface area contributed by atoms with E-state index in [0.29, 0.717) is 0 Å². The van der Waals surface area contributed by atoms with Crippen LogP contribution in [0.4, 0.5) is 0 Å². The SMILES string of the molecule is Cc1cn(-c2cncc3[nH]c(-c4n[nH]c5ccc(C6=CCNCC6)cc45)cc23)cn1. The van der Waals surface area contributed by atoms with Crippen LogP contribution in [-0.2, 0) is 0 Å². The first-order valence-corrected chi connectivity index (χ1v) is 10.1. The van der Waals surface area contributed by atoms with Crippen LogP contribution in [0.5, 0.6) is 0 Å². The van der Waals surface area contributed by atoms with Gasteiger partial charge in [0.1, 0.15) is 5.69 Å². The van der Waals surface area contributed by atoms with Gasteiger partial charge in [-0.05, 0) is 49.2 Å². The summed E-state index contributed by atoms with van der Waals surface area (Å²) in [5.74, 6) is 0. The van der Waals surface area contributed by atoms with Gasteiger partial charge in [-0.15, -0.1) is 0 Å². The number of hydrogen-bond donors (Lipinski definition) is 3. The average molecular weight is 395 g/mol. The van der Waals surface area contributed by atoms with E-state index in [4.69, 9.17) is 0 Å². The highest BCUT2D eigenvalue weighted by atomic mass is 15.1. The molecule has 1 aliphatic rings. The van der Waals surface area contributed by atoms with Crippen molar-refractivity contribution < 1.29 is 0 Å². The largest absolute Gasteiger partial charge is 0.352 e. The number of hydrogen-bond acceptors (Lipinski definition) is 4. The molecule has 5 aromatic rings. The molecular formula is C23H21N7. The Labute approximate surface area is 172 Å². The molecule has 148 valence electrons. The number of fused-ring (bicyclic) bond motifs is 2. The van der Waals surface area contributed by atoms with Gasteiger partial charge in [-0.25, -0.2) is 4.98 Å². The Bertz CT molecular complexity index is 1420. The predicted molar refractivity (Wildman–Crippen MR) is 119 cm³/mol. The Morgan fingerprint density at radius 1 is 1.07 bits per heavy atom. The summed E-state index contributed by atoms with van der Waals surface area (Å²) in [5, 5.41) is 13.4. The summed E-state index contributed by atoms with van der Waals surface area (Å²) in [5.41, 5.74) is 8.52. The van der Waals surface area contributed by atoms with E-state index in [1.165, 1.54) is 11.1 Å². The summed E-state index contributed by atoms with van der Waals surface area (Å²) in [6, 6.07) is 8.69. The third kappa shape index (κ3) is 2.74. The van der Waals surface area contributed by atoms with Crippen LogP contribution in [0.1, 0.15) is 17.7 Å². The Balaban J connectivity index is 1.49. The van der Waals surface area contributed by atoms with Crippen LogP contribution in [0, 0.1) is 6.92 Å². The van der Waals surface area contributed by atoms with Gasteiger partial charge < -0.3 is 14.9 Å². The second kappa shape index (κ2) is 6.67. The molecule has 0 bridgehead atoms. The first kappa shape index (κ1) is 17.2. The first-order valence-electron chi connectivity index (χ1n) is 10.1. The van der Waals surface area contributed by atoms with Crippen molar-refractivity contribution in [3.8, 4) is 17.1 Å². The Morgan fingerprint density at radius 2 is 2.03 bits per heavy atom. The van der Waals surface area contributed by atoms with Crippen LogP contribution in [0.25, 0.3) is 44.5 Å². The molecule has 1 aromatic carbocycles. The minimum absolute atomic E-state index is 0.922. The van der Waals surface area contributed by atoms with Crippen LogP contribution < -0.4 is 5.32 Å². The molecule has 0 saturated heterocycles. The van der Waals surface area contributed by atoms with Gasteiger partial charge in [0.2, 0.25) is 0 Å². The molecule has 6 rings (SSSR count). The minimum atomic E-state index is 0.922. The topological polar surface area (TPSA) is 87.2 Å². The van der Waals surface area contributed by atoms with E-state index in [2.05, 4.69) is 60.8 Å². The molecule has 0 amide bonds. The molecule has 1 aliphatic heterocycles. The molecule has 7 heteroatoms. The lowest BCUT2D eigenvalue weighted by Crippen LogP contribution is -2.19. The molecular weight excluding hydrogens is 374 g/mol. The number of nitrogens with one attached hydrogen (secondary N) is 3. The van der Waals surface area contributed by atoms with Crippen LogP contribution in [0.2, 0.25) is 0 Å². The number of H-pyrrole nitrogens is 2. The summed E-state index contributed by atoms with van der Waals surface area (Å²) in [6.45, 7) is 3.93. The lowest BCUT2D eigenvalue weighted by atomic mass is 9.98. The van der Waals surface area contributed by atoms with Gasteiger partial charge in [0.05, 0.1) is 46.8 Å². The summed E-state index contributed by atoms with van der Waals surface area (Å²) in [4.78, 5) is 12.3. The van der Waals surface area contributed by atoms with E-state index in [1.54, 1.807) is 0 Å². The zero-order valence-corrected chi connectivity index (χ0v) is 16.6. The number of aromatic nitrogens is 6. The fraction of sp³-hybridized carbons (Fsp3) is 0.174. The molecule has 0 spiro atoms. The monoisotopic (exact) mass is 395 g/mol. The molecule has 7 nitrogen and oxygen atoms in total. The number of rotatable bonds is 3. The summed E-state index contributed by atoms with van der Waals surface area (Å²) in [7, 11) is 0. The standard InChI is InChI=1S/C23H21N7/c1-14-12-30(13-26-14)22-11-25-10-21-17(22)9-20(27-21)23-18-8-16(2-3-19(18)28-29-23)15-4-6-24-7-5-15/h2-4,8-13,24,27H,5-7H2,1H3,(H,28,29). The molecule has 0 saturated carbocycles. The van der Waals surface area contributed by atoms with E-state index >= 15 is 0 Å². The average Bonchev–Trinajstić information content (AvgIpc) is 3.51. The third-order valence-electron chi connectivity index (χ3n) is 5.77. The maximum atomic E-state index is 4.63. The minimum Gasteiger partial charge on any atom is -0.352 e. The second-order valence-electron chi connectivity index (χ2n) is 7.74. The number of nitrogens with zero attached hydrogens (tertiary/aromatic N) is 4. The molecule has 0 unspecified atom stereocenters. The highest BCUT2D eigenvalue weighted by Crippen LogP contribution is 2.32. The van der Waals surface area contributed by atoms with Crippen molar-refractivity contribution in [2.24, 2.45) is 0 Å². The molecule has 4 aromatic heterocycles. The zero-order chi connectivity index (χ0) is 20.1. The Morgan fingerprint density at radius 3 is 2.87 bits per heavy atom. The van der Waals surface area contributed by atoms with Crippen molar-refractivity contribution in [3.05, 3.63) is 66.5 Å². The highest BCUT2D eigenvalue weighted by molar-refractivity contribution is 5.98. The Hall–Kier alpha value is -3.71. The number of pyridine rings is 1. The van der Waals surface area contributed by atoms with E-state index in [9.17, 15) is 0 Å². The first-order chi connectivity index (χ1) is 14.8. The Kier molecular flexibility index (Phi) is 3.82. The van der Waals surface area contributed by atoms with Crippen molar-refractivity contribution in [1.29, 1.82) is 0 Å². The number of aromatic amines is 2. The van der Waals surface area contributed by atoms with Crippen LogP contribution >= 0.6 is 0 Å². The lowest BCUT2D eigenvalue weighted by molar-refractivity contribution is 0.739. The molecule has 0 aliphatic carbocycles. The van der Waals surface area contributed by atoms with Crippen molar-refractivity contribution in [2.75, 3.05) is 13.1 Å². The van der Waals surface area contributed by atoms with Gasteiger partial charge in [0, 0.05) is 23.5 Å². The fourth-order valence-electron chi connectivity index (χ4n) is 4.23. The number of aryl methyl sites for hydroxylation is 1. The lowest BCUT2D eigenvalue weighted by Gasteiger charge is -2.14. The summed E-state index contributed by atoms with van der Waals surface area (Å²) < 4.78 is 2.01. The fourth-order valence-corrected chi connectivity index (χ4v) is 4.23. The third-order valence-corrected chi connectivity index (χ3v) is 5.77.